The first-order chi connectivity index (χ1) is 19.5. The molecule has 9 nitrogen and oxygen atoms in total. The van der Waals surface area contributed by atoms with E-state index in [2.05, 4.69) is 23.7 Å². The molecule has 3 aromatic rings. The molecule has 1 aromatic heterocycles. The van der Waals surface area contributed by atoms with Gasteiger partial charge in [0.25, 0.3) is 5.91 Å². The maximum atomic E-state index is 13.9. The maximum Gasteiger partial charge on any atom is 0.260 e. The molecule has 224 valence electrons. The van der Waals surface area contributed by atoms with Crippen molar-refractivity contribution in [1.29, 1.82) is 0 Å². The Balaban J connectivity index is 1.64. The summed E-state index contributed by atoms with van der Waals surface area (Å²) in [7, 11) is -7.07. The average molecular weight is 621 g/mol. The fraction of sp³-hybridized carbons (Fsp3) is 0.517. The van der Waals surface area contributed by atoms with E-state index in [4.69, 9.17) is 0 Å². The molecular formula is C29H40N4O5S3. The normalized spacial score (nSPS) is 15.2. The first-order valence-electron chi connectivity index (χ1n) is 14.3. The number of aromatic nitrogens is 1. The number of anilines is 1. The van der Waals surface area contributed by atoms with Gasteiger partial charge in [-0.3, -0.25) is 9.69 Å². The topological polar surface area (TPSA) is 108 Å². The number of hydrogen-bond donors (Lipinski definition) is 0. The largest absolute Gasteiger partial charge is 0.302 e. The van der Waals surface area contributed by atoms with Crippen LogP contribution in [0.1, 0.15) is 63.2 Å². The summed E-state index contributed by atoms with van der Waals surface area (Å²) in [5, 5.41) is 0.467. The Kier molecular flexibility index (Phi) is 10.2. The van der Waals surface area contributed by atoms with Gasteiger partial charge in [0.15, 0.2) is 15.0 Å². The zero-order valence-corrected chi connectivity index (χ0v) is 26.7. The van der Waals surface area contributed by atoms with Gasteiger partial charge >= 0.3 is 0 Å². The standard InChI is InChI=1S/C29H40N4O5S3/c1-5-31(6-2)19-20-32(29-30-26-18-17-25(40(4,35)36)21-27(26)39-29)28(34)22-13-15-24(16-14-22)41(37,38)33(7-3)23-11-9-8-10-12-23/h13-18,21,23H,5-12,19-20H2,1-4H3. The predicted molar refractivity (Wildman–Crippen MR) is 165 cm³/mol. The van der Waals surface area contributed by atoms with Gasteiger partial charge in [-0.2, -0.15) is 4.31 Å². The Morgan fingerprint density at radius 1 is 0.878 bits per heavy atom. The summed E-state index contributed by atoms with van der Waals surface area (Å²) < 4.78 is 53.4. The fourth-order valence-corrected chi connectivity index (χ4v) is 8.80. The molecule has 1 aliphatic carbocycles. The van der Waals surface area contributed by atoms with Crippen molar-refractivity contribution in [2.45, 2.75) is 68.7 Å². The van der Waals surface area contributed by atoms with Gasteiger partial charge in [-0.05, 0) is 68.4 Å². The fourth-order valence-electron chi connectivity index (χ4n) is 5.36. The van der Waals surface area contributed by atoms with Gasteiger partial charge in [-0.15, -0.1) is 0 Å². The molecule has 1 aliphatic rings. The SMILES string of the molecule is CCN(CC)CCN(C(=O)c1ccc(S(=O)(=O)N(CC)C2CCCCC2)cc1)c1nc2ccc(S(C)(=O)=O)cc2s1. The minimum absolute atomic E-state index is 0.0119. The summed E-state index contributed by atoms with van der Waals surface area (Å²) in [6.45, 7) is 9.07. The smallest absolute Gasteiger partial charge is 0.260 e. The number of carbonyl (C=O) groups is 1. The van der Waals surface area contributed by atoms with Crippen LogP contribution in [0.5, 0.6) is 0 Å². The Morgan fingerprint density at radius 2 is 1.51 bits per heavy atom. The second-order valence-corrected chi connectivity index (χ2v) is 15.3. The highest BCUT2D eigenvalue weighted by Crippen LogP contribution is 2.32. The summed E-state index contributed by atoms with van der Waals surface area (Å²) >= 11 is 1.26. The first-order valence-corrected chi connectivity index (χ1v) is 18.4. The lowest BCUT2D eigenvalue weighted by atomic mass is 9.95. The minimum Gasteiger partial charge on any atom is -0.302 e. The molecule has 1 amide bonds. The number of likely N-dealkylation sites (N-methyl/N-ethyl adjacent to an activating group) is 1. The van der Waals surface area contributed by atoms with Crippen LogP contribution in [0.15, 0.2) is 52.3 Å². The van der Waals surface area contributed by atoms with E-state index in [9.17, 15) is 21.6 Å². The van der Waals surface area contributed by atoms with Crippen LogP contribution < -0.4 is 4.90 Å². The van der Waals surface area contributed by atoms with Gasteiger partial charge < -0.3 is 4.90 Å². The van der Waals surface area contributed by atoms with E-state index in [0.717, 1.165) is 51.4 Å². The molecular weight excluding hydrogens is 581 g/mol. The van der Waals surface area contributed by atoms with Gasteiger partial charge in [-0.1, -0.05) is 51.4 Å². The summed E-state index contributed by atoms with van der Waals surface area (Å²) in [6.07, 6.45) is 6.12. The van der Waals surface area contributed by atoms with Crippen molar-refractivity contribution >= 4 is 52.5 Å². The molecule has 0 saturated heterocycles. The lowest BCUT2D eigenvalue weighted by Gasteiger charge is -2.32. The zero-order chi connectivity index (χ0) is 29.8. The molecule has 0 unspecified atom stereocenters. The third-order valence-electron chi connectivity index (χ3n) is 7.79. The van der Waals surface area contributed by atoms with Crippen LogP contribution in [0.2, 0.25) is 0 Å². The van der Waals surface area contributed by atoms with Crippen molar-refractivity contribution in [3.63, 3.8) is 0 Å². The van der Waals surface area contributed by atoms with Gasteiger partial charge in [0.1, 0.15) is 0 Å². The van der Waals surface area contributed by atoms with E-state index in [0.29, 0.717) is 40.5 Å². The molecule has 1 fully saturated rings. The summed E-state index contributed by atoms with van der Waals surface area (Å²) in [5.74, 6) is -0.289. The predicted octanol–water partition coefficient (Wildman–Crippen LogP) is 5.03. The molecule has 41 heavy (non-hydrogen) atoms. The molecule has 0 N–H and O–H groups in total. The molecule has 0 spiro atoms. The second-order valence-electron chi connectivity index (χ2n) is 10.4. The quantitative estimate of drug-likeness (QED) is 0.279. The van der Waals surface area contributed by atoms with Crippen molar-refractivity contribution in [2.75, 3.05) is 43.9 Å². The molecule has 2 aromatic carbocycles. The number of carbonyl (C=O) groups excluding carboxylic acids is 1. The van der Waals surface area contributed by atoms with Gasteiger partial charge in [0.2, 0.25) is 10.0 Å². The van der Waals surface area contributed by atoms with Gasteiger partial charge in [0.05, 0.1) is 20.0 Å². The van der Waals surface area contributed by atoms with Crippen LogP contribution in [0.3, 0.4) is 0 Å². The van der Waals surface area contributed by atoms with Crippen molar-refractivity contribution < 1.29 is 21.6 Å². The molecule has 1 saturated carbocycles. The lowest BCUT2D eigenvalue weighted by molar-refractivity contribution is 0.0983. The van der Waals surface area contributed by atoms with Gasteiger partial charge in [0, 0.05) is 37.5 Å². The Morgan fingerprint density at radius 3 is 2.10 bits per heavy atom. The average Bonchev–Trinajstić information content (AvgIpc) is 3.39. The number of thiazole rings is 1. The molecule has 12 heteroatoms. The number of sulfonamides is 1. The monoisotopic (exact) mass is 620 g/mol. The van der Waals surface area contributed by atoms with Gasteiger partial charge in [-0.25, -0.2) is 21.8 Å². The Labute approximate surface area is 248 Å². The number of nitrogens with zero attached hydrogens (tertiary/aromatic N) is 4. The van der Waals surface area contributed by atoms with Crippen molar-refractivity contribution in [3.8, 4) is 0 Å². The molecule has 1 heterocycles. The van der Waals surface area contributed by atoms with E-state index in [1.54, 1.807) is 33.5 Å². The minimum atomic E-state index is -3.69. The highest BCUT2D eigenvalue weighted by molar-refractivity contribution is 7.90. The van der Waals surface area contributed by atoms with Crippen LogP contribution in [-0.2, 0) is 19.9 Å². The van der Waals surface area contributed by atoms with Crippen molar-refractivity contribution in [3.05, 3.63) is 48.0 Å². The van der Waals surface area contributed by atoms with Crippen LogP contribution >= 0.6 is 11.3 Å². The van der Waals surface area contributed by atoms with Crippen LogP contribution in [0.4, 0.5) is 5.13 Å². The third-order valence-corrected chi connectivity index (χ3v) is 12.0. The number of benzene rings is 2. The summed E-state index contributed by atoms with van der Waals surface area (Å²) in [4.78, 5) is 22.7. The zero-order valence-electron chi connectivity index (χ0n) is 24.2. The third kappa shape index (κ3) is 7.16. The molecule has 4 rings (SSSR count). The number of fused-ring (bicyclic) bond motifs is 1. The number of rotatable bonds is 12. The number of sulfone groups is 1. The second kappa shape index (κ2) is 13.3. The molecule has 0 radical (unpaired) electrons. The molecule has 0 atom stereocenters. The van der Waals surface area contributed by atoms with Crippen LogP contribution in [0, 0.1) is 0 Å². The van der Waals surface area contributed by atoms with Crippen LogP contribution in [-0.4, -0.2) is 82.0 Å². The Hall–Kier alpha value is -2.38. The molecule has 0 bridgehead atoms. The van der Waals surface area contributed by atoms with E-state index >= 15 is 0 Å². The Bertz CT molecular complexity index is 1560. The summed E-state index contributed by atoms with van der Waals surface area (Å²) in [6, 6.07) is 11.0. The lowest BCUT2D eigenvalue weighted by Crippen LogP contribution is -2.41. The maximum absolute atomic E-state index is 13.9. The van der Waals surface area contributed by atoms with E-state index < -0.39 is 19.9 Å². The van der Waals surface area contributed by atoms with Crippen LogP contribution in [0.25, 0.3) is 10.2 Å². The van der Waals surface area contributed by atoms with E-state index in [1.165, 1.54) is 29.5 Å². The number of hydrogen-bond acceptors (Lipinski definition) is 8. The highest BCUT2D eigenvalue weighted by atomic mass is 32.2. The van der Waals surface area contributed by atoms with E-state index in [-0.39, 0.29) is 21.7 Å². The van der Waals surface area contributed by atoms with Crippen molar-refractivity contribution in [1.82, 2.24) is 14.2 Å². The van der Waals surface area contributed by atoms with E-state index in [1.807, 2.05) is 6.92 Å². The highest BCUT2D eigenvalue weighted by Gasteiger charge is 2.31. The van der Waals surface area contributed by atoms with Crippen molar-refractivity contribution in [2.24, 2.45) is 0 Å². The molecule has 0 aliphatic heterocycles. The number of amides is 1. The summed E-state index contributed by atoms with van der Waals surface area (Å²) in [5.41, 5.74) is 0.974. The first kappa shape index (κ1) is 31.6.